The van der Waals surface area contributed by atoms with Crippen molar-refractivity contribution in [2.45, 2.75) is 6.18 Å². The highest BCUT2D eigenvalue weighted by Gasteiger charge is 2.30. The highest BCUT2D eigenvalue weighted by molar-refractivity contribution is 6.33. The summed E-state index contributed by atoms with van der Waals surface area (Å²) in [5.41, 5.74) is 4.74. The van der Waals surface area contributed by atoms with Crippen LogP contribution in [0, 0.1) is 0 Å². The van der Waals surface area contributed by atoms with Gasteiger partial charge in [0.25, 0.3) is 0 Å². The Balaban J connectivity index is 2.95. The lowest BCUT2D eigenvalue weighted by molar-refractivity contribution is -0.137. The fourth-order valence-electron chi connectivity index (χ4n) is 1.04. The first-order chi connectivity index (χ1) is 6.95. The third kappa shape index (κ3) is 3.28. The first-order valence-corrected chi connectivity index (χ1v) is 4.63. The van der Waals surface area contributed by atoms with Crippen molar-refractivity contribution in [3.8, 4) is 0 Å². The number of hydrogen-bond donors (Lipinski definition) is 2. The first-order valence-electron chi connectivity index (χ1n) is 4.26. The molecular weight excluding hydrogens is 229 g/mol. The van der Waals surface area contributed by atoms with Gasteiger partial charge in [-0.15, -0.1) is 0 Å². The molecule has 0 aromatic heterocycles. The molecule has 6 heteroatoms. The molecule has 84 valence electrons. The molecule has 0 fully saturated rings. The van der Waals surface area contributed by atoms with Crippen LogP contribution < -0.4 is 11.1 Å². The lowest BCUT2D eigenvalue weighted by Gasteiger charge is -2.11. The molecule has 1 rings (SSSR count). The summed E-state index contributed by atoms with van der Waals surface area (Å²) in [6.45, 7) is 0.702. The minimum Gasteiger partial charge on any atom is -0.383 e. The van der Waals surface area contributed by atoms with Crippen LogP contribution in [0.3, 0.4) is 0 Å². The summed E-state index contributed by atoms with van der Waals surface area (Å²) in [4.78, 5) is 0. The maximum Gasteiger partial charge on any atom is 0.416 e. The zero-order valence-corrected chi connectivity index (χ0v) is 8.49. The molecule has 3 N–H and O–H groups in total. The van der Waals surface area contributed by atoms with Gasteiger partial charge in [-0.1, -0.05) is 11.6 Å². The van der Waals surface area contributed by atoms with Crippen LogP contribution in [0.2, 0.25) is 5.02 Å². The van der Waals surface area contributed by atoms with Crippen LogP contribution in [-0.4, -0.2) is 13.1 Å². The number of alkyl halides is 3. The molecule has 0 radical (unpaired) electrons. The molecule has 15 heavy (non-hydrogen) atoms. The molecule has 0 unspecified atom stereocenters. The highest BCUT2D eigenvalue weighted by atomic mass is 35.5. The number of anilines is 1. The van der Waals surface area contributed by atoms with Crippen molar-refractivity contribution in [2.75, 3.05) is 18.4 Å². The zero-order chi connectivity index (χ0) is 11.5. The second-order valence-electron chi connectivity index (χ2n) is 2.91. The van der Waals surface area contributed by atoms with E-state index < -0.39 is 11.7 Å². The average Bonchev–Trinajstić information content (AvgIpc) is 2.15. The van der Waals surface area contributed by atoms with Crippen molar-refractivity contribution in [1.29, 1.82) is 0 Å². The van der Waals surface area contributed by atoms with E-state index in [0.29, 0.717) is 13.1 Å². The van der Waals surface area contributed by atoms with E-state index >= 15 is 0 Å². The topological polar surface area (TPSA) is 38.0 Å². The molecule has 0 saturated heterocycles. The minimum absolute atomic E-state index is 0.247. The van der Waals surface area contributed by atoms with E-state index in [4.69, 9.17) is 17.3 Å². The second kappa shape index (κ2) is 4.72. The number of rotatable bonds is 3. The summed E-state index contributed by atoms with van der Waals surface area (Å²) in [5.74, 6) is 0. The minimum atomic E-state index is -4.36. The maximum atomic E-state index is 12.3. The van der Waals surface area contributed by atoms with E-state index in [1.807, 2.05) is 0 Å². The zero-order valence-electron chi connectivity index (χ0n) is 7.74. The van der Waals surface area contributed by atoms with Crippen molar-refractivity contribution in [3.05, 3.63) is 28.8 Å². The average molecular weight is 239 g/mol. The van der Waals surface area contributed by atoms with Crippen molar-refractivity contribution in [3.63, 3.8) is 0 Å². The number of benzene rings is 1. The lowest BCUT2D eigenvalue weighted by Crippen LogP contribution is -2.14. The Morgan fingerprint density at radius 2 is 2.00 bits per heavy atom. The molecule has 0 aliphatic heterocycles. The summed E-state index contributed by atoms with van der Waals surface area (Å²) < 4.78 is 37.0. The van der Waals surface area contributed by atoms with E-state index in [2.05, 4.69) is 5.32 Å². The van der Waals surface area contributed by atoms with E-state index in [-0.39, 0.29) is 10.7 Å². The Kier molecular flexibility index (Phi) is 3.82. The second-order valence-corrected chi connectivity index (χ2v) is 3.32. The molecule has 0 spiro atoms. The summed E-state index contributed by atoms with van der Waals surface area (Å²) in [6.07, 6.45) is -4.36. The van der Waals surface area contributed by atoms with E-state index in [1.54, 1.807) is 0 Å². The van der Waals surface area contributed by atoms with Gasteiger partial charge in [-0.25, -0.2) is 0 Å². The molecule has 0 aliphatic carbocycles. The van der Waals surface area contributed by atoms with Crippen molar-refractivity contribution >= 4 is 17.3 Å². The fourth-order valence-corrected chi connectivity index (χ4v) is 1.23. The molecule has 0 atom stereocenters. The van der Waals surface area contributed by atoms with Crippen LogP contribution in [0.15, 0.2) is 18.2 Å². The normalized spacial score (nSPS) is 11.5. The summed E-state index contributed by atoms with van der Waals surface area (Å²) in [7, 11) is 0. The van der Waals surface area contributed by atoms with E-state index in [9.17, 15) is 13.2 Å². The van der Waals surface area contributed by atoms with Gasteiger partial charge in [0.1, 0.15) is 0 Å². The Morgan fingerprint density at radius 3 is 2.53 bits per heavy atom. The third-order valence-electron chi connectivity index (χ3n) is 1.75. The maximum absolute atomic E-state index is 12.3. The van der Waals surface area contributed by atoms with Gasteiger partial charge >= 0.3 is 6.18 Å². The molecule has 0 bridgehead atoms. The van der Waals surface area contributed by atoms with Gasteiger partial charge in [0, 0.05) is 13.1 Å². The van der Waals surface area contributed by atoms with E-state index in [0.717, 1.165) is 12.1 Å². The molecule has 0 aliphatic rings. The number of nitrogens with one attached hydrogen (secondary N) is 1. The van der Waals surface area contributed by atoms with Gasteiger partial charge in [-0.3, -0.25) is 0 Å². The summed E-state index contributed by atoms with van der Waals surface area (Å²) in [5, 5.41) is 2.96. The molecule has 0 amide bonds. The Labute approximate surface area is 90.2 Å². The van der Waals surface area contributed by atoms with Crippen LogP contribution in [-0.2, 0) is 6.18 Å². The summed E-state index contributed by atoms with van der Waals surface area (Å²) in [6, 6.07) is 3.12. The van der Waals surface area contributed by atoms with Gasteiger partial charge in [0.15, 0.2) is 0 Å². The van der Waals surface area contributed by atoms with Gasteiger partial charge in [-0.2, -0.15) is 13.2 Å². The molecule has 2 nitrogen and oxygen atoms in total. The van der Waals surface area contributed by atoms with Crippen LogP contribution in [0.4, 0.5) is 18.9 Å². The fraction of sp³-hybridized carbons (Fsp3) is 0.333. The standard InChI is InChI=1S/C9H10ClF3N2/c10-7-2-1-6(9(11,12)13)5-8(7)15-4-3-14/h1-2,5,15H,3-4,14H2. The van der Waals surface area contributed by atoms with Gasteiger partial charge in [0.05, 0.1) is 16.3 Å². The van der Waals surface area contributed by atoms with Gasteiger partial charge in [0.2, 0.25) is 0 Å². The van der Waals surface area contributed by atoms with E-state index in [1.165, 1.54) is 6.07 Å². The van der Waals surface area contributed by atoms with Crippen molar-refractivity contribution < 1.29 is 13.2 Å². The molecule has 0 heterocycles. The van der Waals surface area contributed by atoms with Crippen LogP contribution in [0.5, 0.6) is 0 Å². The Hall–Kier alpha value is -0.940. The predicted molar refractivity (Wildman–Crippen MR) is 54.0 cm³/mol. The van der Waals surface area contributed by atoms with Crippen LogP contribution >= 0.6 is 11.6 Å². The lowest BCUT2D eigenvalue weighted by atomic mass is 10.2. The smallest absolute Gasteiger partial charge is 0.383 e. The monoisotopic (exact) mass is 238 g/mol. The Bertz CT molecular complexity index is 339. The number of nitrogens with two attached hydrogens (primary N) is 1. The van der Waals surface area contributed by atoms with Crippen molar-refractivity contribution in [1.82, 2.24) is 0 Å². The van der Waals surface area contributed by atoms with Gasteiger partial charge in [-0.05, 0) is 18.2 Å². The van der Waals surface area contributed by atoms with Crippen molar-refractivity contribution in [2.24, 2.45) is 5.73 Å². The quantitative estimate of drug-likeness (QED) is 0.850. The van der Waals surface area contributed by atoms with Crippen LogP contribution in [0.1, 0.15) is 5.56 Å². The predicted octanol–water partition coefficient (Wildman–Crippen LogP) is 2.73. The number of hydrogen-bond acceptors (Lipinski definition) is 2. The summed E-state index contributed by atoms with van der Waals surface area (Å²) >= 11 is 5.71. The molecular formula is C9H10ClF3N2. The first kappa shape index (κ1) is 12.1. The Morgan fingerprint density at radius 1 is 1.33 bits per heavy atom. The SMILES string of the molecule is NCCNc1cc(C(F)(F)F)ccc1Cl. The largest absolute Gasteiger partial charge is 0.416 e. The third-order valence-corrected chi connectivity index (χ3v) is 2.08. The molecule has 1 aromatic rings. The molecule has 0 saturated carbocycles. The van der Waals surface area contributed by atoms with Gasteiger partial charge < -0.3 is 11.1 Å². The molecule has 1 aromatic carbocycles. The highest BCUT2D eigenvalue weighted by Crippen LogP contribution is 2.33. The van der Waals surface area contributed by atoms with Crippen LogP contribution in [0.25, 0.3) is 0 Å². The number of halogens is 4.